The van der Waals surface area contributed by atoms with E-state index in [1.807, 2.05) is 15.6 Å². The lowest BCUT2D eigenvalue weighted by molar-refractivity contribution is -0.132. The minimum atomic E-state index is 0.154. The maximum absolute atomic E-state index is 12.2. The van der Waals surface area contributed by atoms with Crippen LogP contribution in [0, 0.1) is 0 Å². The van der Waals surface area contributed by atoms with E-state index in [1.165, 1.54) is 17.7 Å². The van der Waals surface area contributed by atoms with Gasteiger partial charge in [0.2, 0.25) is 5.91 Å². The first-order valence-electron chi connectivity index (χ1n) is 6.71. The Kier molecular flexibility index (Phi) is 4.47. The Bertz CT molecular complexity index is 654. The predicted molar refractivity (Wildman–Crippen MR) is 82.7 cm³/mol. The van der Waals surface area contributed by atoms with E-state index < -0.39 is 0 Å². The molecule has 112 valence electrons. The van der Waals surface area contributed by atoms with Gasteiger partial charge in [0.05, 0.1) is 21.8 Å². The van der Waals surface area contributed by atoms with Crippen LogP contribution < -0.4 is 0 Å². The van der Waals surface area contributed by atoms with Gasteiger partial charge in [0.1, 0.15) is 12.2 Å². The van der Waals surface area contributed by atoms with Gasteiger partial charge in [-0.15, -0.1) is 11.3 Å². The number of thiophene rings is 1. The zero-order chi connectivity index (χ0) is 14.8. The second-order valence-corrected chi connectivity index (χ2v) is 7.20. The van der Waals surface area contributed by atoms with Gasteiger partial charge in [-0.2, -0.15) is 5.10 Å². The second kappa shape index (κ2) is 6.34. The van der Waals surface area contributed by atoms with Crippen molar-refractivity contribution in [2.24, 2.45) is 0 Å². The summed E-state index contributed by atoms with van der Waals surface area (Å²) in [6.45, 7) is 1.96. The van der Waals surface area contributed by atoms with Crippen LogP contribution in [-0.4, -0.2) is 32.1 Å². The topological polar surface area (TPSA) is 51.0 Å². The van der Waals surface area contributed by atoms with Crippen LogP contribution in [0.5, 0.6) is 0 Å². The zero-order valence-electron chi connectivity index (χ0n) is 11.3. The van der Waals surface area contributed by atoms with Crippen LogP contribution >= 0.6 is 34.5 Å². The molecular formula is C13H14Cl2N4OS. The lowest BCUT2D eigenvalue weighted by atomic mass is 10.1. The molecule has 1 amide bonds. The van der Waals surface area contributed by atoms with E-state index in [1.54, 1.807) is 0 Å². The molecule has 2 aromatic heterocycles. The molecule has 3 rings (SSSR count). The van der Waals surface area contributed by atoms with E-state index in [9.17, 15) is 4.79 Å². The van der Waals surface area contributed by atoms with Crippen LogP contribution in [0.2, 0.25) is 8.67 Å². The van der Waals surface area contributed by atoms with Gasteiger partial charge in [-0.3, -0.25) is 4.79 Å². The zero-order valence-corrected chi connectivity index (χ0v) is 13.6. The number of fused-ring (bicyclic) bond motifs is 1. The fraction of sp³-hybridized carbons (Fsp3) is 0.462. The van der Waals surface area contributed by atoms with Crippen molar-refractivity contribution in [2.75, 3.05) is 6.54 Å². The number of hydrogen-bond acceptors (Lipinski definition) is 4. The molecule has 0 atom stereocenters. The van der Waals surface area contributed by atoms with Gasteiger partial charge in [0.25, 0.3) is 0 Å². The van der Waals surface area contributed by atoms with Crippen molar-refractivity contribution < 1.29 is 4.79 Å². The second-order valence-electron chi connectivity index (χ2n) is 4.92. The first-order valence-corrected chi connectivity index (χ1v) is 8.29. The van der Waals surface area contributed by atoms with Gasteiger partial charge >= 0.3 is 0 Å². The highest BCUT2D eigenvalue weighted by Crippen LogP contribution is 2.32. The third-order valence-electron chi connectivity index (χ3n) is 3.53. The highest BCUT2D eigenvalue weighted by Gasteiger charge is 2.21. The summed E-state index contributed by atoms with van der Waals surface area (Å²) >= 11 is 13.4. The summed E-state index contributed by atoms with van der Waals surface area (Å²) in [7, 11) is 0. The normalized spacial score (nSPS) is 14.3. The third kappa shape index (κ3) is 3.39. The number of carbonyl (C=O) groups excluding carboxylic acids is 1. The molecule has 0 saturated carbocycles. The number of carbonyl (C=O) groups is 1. The number of aryl methyl sites for hydroxylation is 1. The number of rotatable bonds is 4. The average Bonchev–Trinajstić information content (AvgIpc) is 3.04. The van der Waals surface area contributed by atoms with E-state index in [2.05, 4.69) is 10.1 Å². The van der Waals surface area contributed by atoms with E-state index in [0.29, 0.717) is 30.4 Å². The quantitative estimate of drug-likeness (QED) is 0.856. The summed E-state index contributed by atoms with van der Waals surface area (Å²) in [5, 5.41) is 4.11. The lowest BCUT2D eigenvalue weighted by Crippen LogP contribution is -2.38. The Morgan fingerprint density at radius 2 is 2.24 bits per heavy atom. The number of hydrogen-bond donors (Lipinski definition) is 0. The molecule has 1 aliphatic rings. The smallest absolute Gasteiger partial charge is 0.223 e. The average molecular weight is 345 g/mol. The van der Waals surface area contributed by atoms with E-state index in [0.717, 1.165) is 28.6 Å². The molecule has 5 nitrogen and oxygen atoms in total. The molecule has 0 radical (unpaired) electrons. The SMILES string of the molecule is O=C(CCCc1cc(Cl)sc1Cl)N1CCn2ncnc2C1. The van der Waals surface area contributed by atoms with Crippen LogP contribution in [0.25, 0.3) is 0 Å². The molecular weight excluding hydrogens is 331 g/mol. The van der Waals surface area contributed by atoms with Crippen LogP contribution in [0.15, 0.2) is 12.4 Å². The largest absolute Gasteiger partial charge is 0.333 e. The monoisotopic (exact) mass is 344 g/mol. The van der Waals surface area contributed by atoms with Crippen LogP contribution in [0.1, 0.15) is 24.2 Å². The number of nitrogens with zero attached hydrogens (tertiary/aromatic N) is 4. The van der Waals surface area contributed by atoms with Gasteiger partial charge < -0.3 is 4.90 Å². The summed E-state index contributed by atoms with van der Waals surface area (Å²) in [6.07, 6.45) is 3.59. The van der Waals surface area contributed by atoms with E-state index in [-0.39, 0.29) is 5.91 Å². The maximum atomic E-state index is 12.2. The summed E-state index contributed by atoms with van der Waals surface area (Å²) in [4.78, 5) is 18.2. The van der Waals surface area contributed by atoms with Crippen LogP contribution in [-0.2, 0) is 24.3 Å². The summed E-state index contributed by atoms with van der Waals surface area (Å²) in [6, 6.07) is 1.88. The van der Waals surface area contributed by atoms with Crippen molar-refractivity contribution in [1.82, 2.24) is 19.7 Å². The summed E-state index contributed by atoms with van der Waals surface area (Å²) in [5.74, 6) is 1.00. The molecule has 0 N–H and O–H groups in total. The summed E-state index contributed by atoms with van der Waals surface area (Å²) < 4.78 is 3.26. The van der Waals surface area contributed by atoms with Crippen LogP contribution in [0.4, 0.5) is 0 Å². The molecule has 0 aromatic carbocycles. The molecule has 0 spiro atoms. The molecule has 8 heteroatoms. The Morgan fingerprint density at radius 1 is 1.38 bits per heavy atom. The van der Waals surface area contributed by atoms with Crippen molar-refractivity contribution in [3.05, 3.63) is 32.5 Å². The number of halogens is 2. The highest BCUT2D eigenvalue weighted by molar-refractivity contribution is 7.20. The van der Waals surface area contributed by atoms with Crippen molar-refractivity contribution in [3.8, 4) is 0 Å². The molecule has 2 aromatic rings. The fourth-order valence-electron chi connectivity index (χ4n) is 2.41. The molecule has 0 bridgehead atoms. The molecule has 0 unspecified atom stereocenters. The molecule has 21 heavy (non-hydrogen) atoms. The van der Waals surface area contributed by atoms with E-state index >= 15 is 0 Å². The minimum absolute atomic E-state index is 0.154. The molecule has 0 aliphatic carbocycles. The Morgan fingerprint density at radius 3 is 3.00 bits per heavy atom. The third-order valence-corrected chi connectivity index (χ3v) is 5.10. The lowest BCUT2D eigenvalue weighted by Gasteiger charge is -2.26. The van der Waals surface area contributed by atoms with Crippen molar-refractivity contribution >= 4 is 40.4 Å². The molecule has 0 fully saturated rings. The van der Waals surface area contributed by atoms with Crippen molar-refractivity contribution in [3.63, 3.8) is 0 Å². The molecule has 1 aliphatic heterocycles. The van der Waals surface area contributed by atoms with Crippen molar-refractivity contribution in [1.29, 1.82) is 0 Å². The van der Waals surface area contributed by atoms with Gasteiger partial charge in [0.15, 0.2) is 0 Å². The van der Waals surface area contributed by atoms with E-state index in [4.69, 9.17) is 23.2 Å². The Balaban J connectivity index is 1.50. The Labute approximate surface area is 136 Å². The standard InChI is InChI=1S/C13H14Cl2N4OS/c14-10-6-9(13(15)21-10)2-1-3-12(20)18-4-5-19-11(7-18)16-8-17-19/h6,8H,1-5,7H2. The van der Waals surface area contributed by atoms with Gasteiger partial charge in [0, 0.05) is 13.0 Å². The van der Waals surface area contributed by atoms with Gasteiger partial charge in [-0.05, 0) is 24.5 Å². The highest BCUT2D eigenvalue weighted by atomic mass is 35.5. The van der Waals surface area contributed by atoms with Crippen LogP contribution in [0.3, 0.4) is 0 Å². The van der Waals surface area contributed by atoms with Gasteiger partial charge in [-0.25, -0.2) is 9.67 Å². The maximum Gasteiger partial charge on any atom is 0.223 e. The molecule has 3 heterocycles. The summed E-state index contributed by atoms with van der Waals surface area (Å²) in [5.41, 5.74) is 1.03. The van der Waals surface area contributed by atoms with Gasteiger partial charge in [-0.1, -0.05) is 23.2 Å². The first kappa shape index (κ1) is 14.8. The molecule has 0 saturated heterocycles. The first-order chi connectivity index (χ1) is 10.1. The Hall–Kier alpha value is -1.11. The minimum Gasteiger partial charge on any atom is -0.333 e. The fourth-order valence-corrected chi connectivity index (χ4v) is 3.95. The number of aromatic nitrogens is 3. The number of amides is 1. The van der Waals surface area contributed by atoms with Crippen molar-refractivity contribution in [2.45, 2.75) is 32.4 Å². The predicted octanol–water partition coefficient (Wildman–Crippen LogP) is 3.01.